The normalized spacial score (nSPS) is 21.8. The second kappa shape index (κ2) is 3.96. The first kappa shape index (κ1) is 11.0. The van der Waals surface area contributed by atoms with Gasteiger partial charge in [-0.2, -0.15) is 0 Å². The smallest absolute Gasteiger partial charge is 0.321 e. The molecule has 0 amide bonds. The largest absolute Gasteiger partial charge is 0.480 e. The van der Waals surface area contributed by atoms with E-state index in [1.165, 1.54) is 0 Å². The topological polar surface area (TPSA) is 83.8 Å². The number of hydrogen-bond acceptors (Lipinski definition) is 3. The van der Waals surface area contributed by atoms with Crippen molar-refractivity contribution in [3.05, 3.63) is 0 Å². The van der Waals surface area contributed by atoms with Crippen molar-refractivity contribution in [2.75, 3.05) is 7.11 Å². The maximum absolute atomic E-state index is 10.9. The molecule has 1 rings (SSSR count). The molecule has 0 aliphatic heterocycles. The van der Waals surface area contributed by atoms with Crippen LogP contribution in [0.3, 0.4) is 0 Å². The van der Waals surface area contributed by atoms with E-state index in [1.54, 1.807) is 7.11 Å². The quantitative estimate of drug-likeness (QED) is 0.659. The zero-order valence-electron chi connectivity index (χ0n) is 8.02. The summed E-state index contributed by atoms with van der Waals surface area (Å²) >= 11 is 0. The molecule has 5 heteroatoms. The number of rotatable bonds is 3. The number of aliphatic carboxylic acids is 2. The van der Waals surface area contributed by atoms with Crippen molar-refractivity contribution in [3.63, 3.8) is 0 Å². The van der Waals surface area contributed by atoms with Crippen LogP contribution in [0, 0.1) is 5.41 Å². The summed E-state index contributed by atoms with van der Waals surface area (Å²) in [6, 6.07) is 0. The summed E-state index contributed by atoms with van der Waals surface area (Å²) in [5.41, 5.74) is -1.59. The zero-order valence-corrected chi connectivity index (χ0v) is 8.02. The molecule has 0 bridgehead atoms. The molecule has 2 N–H and O–H groups in total. The standard InChI is InChI=1S/C9H14O5/c1-14-6-2-4-9(5-3-6,7(10)11)8(12)13/h6H,2-5H2,1H3,(H,10,11)(H,12,13). The van der Waals surface area contributed by atoms with Gasteiger partial charge in [0.25, 0.3) is 0 Å². The maximum atomic E-state index is 10.9. The Kier molecular flexibility index (Phi) is 3.10. The van der Waals surface area contributed by atoms with Crippen LogP contribution in [0.4, 0.5) is 0 Å². The van der Waals surface area contributed by atoms with Crippen LogP contribution in [0.1, 0.15) is 25.7 Å². The first-order valence-corrected chi connectivity index (χ1v) is 4.52. The Bertz CT molecular complexity index is 224. The number of hydrogen-bond donors (Lipinski definition) is 2. The van der Waals surface area contributed by atoms with Gasteiger partial charge in [0, 0.05) is 7.11 Å². The maximum Gasteiger partial charge on any atom is 0.321 e. The van der Waals surface area contributed by atoms with Gasteiger partial charge < -0.3 is 14.9 Å². The second-order valence-corrected chi connectivity index (χ2v) is 3.63. The van der Waals surface area contributed by atoms with Gasteiger partial charge in [-0.1, -0.05) is 0 Å². The van der Waals surface area contributed by atoms with E-state index in [1.807, 2.05) is 0 Å². The van der Waals surface area contributed by atoms with Crippen LogP contribution >= 0.6 is 0 Å². The molecule has 0 heterocycles. The first-order valence-electron chi connectivity index (χ1n) is 4.52. The number of carboxylic acid groups (broad SMARTS) is 2. The summed E-state index contributed by atoms with van der Waals surface area (Å²) in [5, 5.41) is 17.8. The molecule has 0 aromatic heterocycles. The lowest BCUT2D eigenvalue weighted by atomic mass is 9.73. The molecule has 0 radical (unpaired) electrons. The molecule has 0 saturated heterocycles. The third kappa shape index (κ3) is 1.72. The van der Waals surface area contributed by atoms with Gasteiger partial charge >= 0.3 is 11.9 Å². The van der Waals surface area contributed by atoms with Crippen molar-refractivity contribution >= 4 is 11.9 Å². The van der Waals surface area contributed by atoms with Crippen LogP contribution in [-0.4, -0.2) is 35.4 Å². The van der Waals surface area contributed by atoms with Crippen molar-refractivity contribution in [1.82, 2.24) is 0 Å². The minimum Gasteiger partial charge on any atom is -0.480 e. The van der Waals surface area contributed by atoms with Crippen molar-refractivity contribution in [3.8, 4) is 0 Å². The van der Waals surface area contributed by atoms with Gasteiger partial charge in [-0.3, -0.25) is 9.59 Å². The molecular weight excluding hydrogens is 188 g/mol. The highest BCUT2D eigenvalue weighted by atomic mass is 16.5. The first-order chi connectivity index (χ1) is 6.53. The van der Waals surface area contributed by atoms with E-state index in [0.29, 0.717) is 12.8 Å². The van der Waals surface area contributed by atoms with Crippen LogP contribution in [0.2, 0.25) is 0 Å². The van der Waals surface area contributed by atoms with Crippen LogP contribution in [0.15, 0.2) is 0 Å². The van der Waals surface area contributed by atoms with Gasteiger partial charge in [-0.05, 0) is 25.7 Å². The Balaban J connectivity index is 2.75. The van der Waals surface area contributed by atoms with Crippen molar-refractivity contribution in [1.29, 1.82) is 0 Å². The van der Waals surface area contributed by atoms with Gasteiger partial charge in [-0.25, -0.2) is 0 Å². The Hall–Kier alpha value is -1.10. The number of carbonyl (C=O) groups is 2. The monoisotopic (exact) mass is 202 g/mol. The third-order valence-electron chi connectivity index (χ3n) is 2.94. The summed E-state index contributed by atoms with van der Waals surface area (Å²) < 4.78 is 5.06. The average molecular weight is 202 g/mol. The van der Waals surface area contributed by atoms with Crippen LogP contribution < -0.4 is 0 Å². The highest BCUT2D eigenvalue weighted by molar-refractivity contribution is 5.98. The SMILES string of the molecule is COC1CCC(C(=O)O)(C(=O)O)CC1. The molecule has 0 unspecified atom stereocenters. The van der Waals surface area contributed by atoms with E-state index in [-0.39, 0.29) is 18.9 Å². The lowest BCUT2D eigenvalue weighted by Gasteiger charge is -2.32. The van der Waals surface area contributed by atoms with E-state index in [4.69, 9.17) is 14.9 Å². The average Bonchev–Trinajstić information content (AvgIpc) is 2.17. The Morgan fingerprint density at radius 3 is 1.93 bits per heavy atom. The number of methoxy groups -OCH3 is 1. The van der Waals surface area contributed by atoms with E-state index in [0.717, 1.165) is 0 Å². The highest BCUT2D eigenvalue weighted by Crippen LogP contribution is 2.37. The fourth-order valence-corrected chi connectivity index (χ4v) is 1.84. The molecule has 0 aromatic rings. The van der Waals surface area contributed by atoms with E-state index >= 15 is 0 Å². The Morgan fingerprint density at radius 2 is 1.64 bits per heavy atom. The van der Waals surface area contributed by atoms with Gasteiger partial charge in [0.05, 0.1) is 6.10 Å². The van der Waals surface area contributed by atoms with E-state index in [9.17, 15) is 9.59 Å². The molecule has 0 atom stereocenters. The lowest BCUT2D eigenvalue weighted by molar-refractivity contribution is -0.169. The predicted molar refractivity (Wildman–Crippen MR) is 47.0 cm³/mol. The molecular formula is C9H14O5. The van der Waals surface area contributed by atoms with Gasteiger partial charge in [0.1, 0.15) is 0 Å². The van der Waals surface area contributed by atoms with Crippen molar-refractivity contribution in [2.45, 2.75) is 31.8 Å². The van der Waals surface area contributed by atoms with Gasteiger partial charge in [0.15, 0.2) is 5.41 Å². The molecule has 0 aromatic carbocycles. The molecule has 1 aliphatic carbocycles. The van der Waals surface area contributed by atoms with E-state index < -0.39 is 17.4 Å². The van der Waals surface area contributed by atoms with Crippen LogP contribution in [0.5, 0.6) is 0 Å². The molecule has 14 heavy (non-hydrogen) atoms. The summed E-state index contributed by atoms with van der Waals surface area (Å²) in [6.45, 7) is 0. The second-order valence-electron chi connectivity index (χ2n) is 3.63. The molecule has 1 fully saturated rings. The Labute approximate surface area is 81.7 Å². The van der Waals surface area contributed by atoms with Crippen molar-refractivity contribution in [2.24, 2.45) is 5.41 Å². The molecule has 5 nitrogen and oxygen atoms in total. The fourth-order valence-electron chi connectivity index (χ4n) is 1.84. The fraction of sp³-hybridized carbons (Fsp3) is 0.778. The Morgan fingerprint density at radius 1 is 1.21 bits per heavy atom. The predicted octanol–water partition coefficient (Wildman–Crippen LogP) is 0.731. The zero-order chi connectivity index (χ0) is 10.8. The van der Waals surface area contributed by atoms with E-state index in [2.05, 4.69) is 0 Å². The van der Waals surface area contributed by atoms with Crippen LogP contribution in [-0.2, 0) is 14.3 Å². The minimum absolute atomic E-state index is 0.00169. The minimum atomic E-state index is -1.59. The van der Waals surface area contributed by atoms with Gasteiger partial charge in [0.2, 0.25) is 0 Å². The number of ether oxygens (including phenoxy) is 1. The number of carboxylic acids is 2. The molecule has 80 valence electrons. The summed E-state index contributed by atoms with van der Waals surface area (Å²) in [4.78, 5) is 21.8. The van der Waals surface area contributed by atoms with Crippen LogP contribution in [0.25, 0.3) is 0 Å². The molecule has 1 saturated carbocycles. The summed E-state index contributed by atoms with van der Waals surface area (Å²) in [6.07, 6.45) is 1.29. The van der Waals surface area contributed by atoms with Crippen molar-refractivity contribution < 1.29 is 24.5 Å². The lowest BCUT2D eigenvalue weighted by Crippen LogP contribution is -2.43. The third-order valence-corrected chi connectivity index (χ3v) is 2.94. The summed E-state index contributed by atoms with van der Waals surface area (Å²) in [5.74, 6) is -2.47. The molecule has 0 spiro atoms. The summed E-state index contributed by atoms with van der Waals surface area (Å²) in [7, 11) is 1.55. The molecule has 1 aliphatic rings. The van der Waals surface area contributed by atoms with Gasteiger partial charge in [-0.15, -0.1) is 0 Å². The highest BCUT2D eigenvalue weighted by Gasteiger charge is 2.48.